The second-order valence-electron chi connectivity index (χ2n) is 9.61. The summed E-state index contributed by atoms with van der Waals surface area (Å²) in [5.74, 6) is -0.201. The largest absolute Gasteiger partial charge is 0.460 e. The van der Waals surface area contributed by atoms with E-state index >= 15 is 0 Å². The standard InChI is InChI=1S/C25H31F3N4O3/c1-2-34-23(33)22-14-30-24(35-22)32-20-11-12-31(18-9-7-17(8-10-18)25(26,27)28)15-16(20)13-29-19-5-3-4-6-21(19)32/h7-10,14,16,19-21,29H,2-6,11-13,15H2,1H3. The molecule has 3 aliphatic rings. The van der Waals surface area contributed by atoms with E-state index in [0.717, 1.165) is 56.5 Å². The number of ether oxygens (including phenoxy) is 1. The number of alkyl halides is 3. The predicted molar refractivity (Wildman–Crippen MR) is 125 cm³/mol. The Kier molecular flexibility index (Phi) is 6.65. The Balaban J connectivity index is 1.40. The Morgan fingerprint density at radius 3 is 2.69 bits per heavy atom. The number of carbonyl (C=O) groups is 1. The molecule has 0 amide bonds. The molecule has 7 nitrogen and oxygen atoms in total. The maximum Gasteiger partial charge on any atom is 0.416 e. The van der Waals surface area contributed by atoms with E-state index in [4.69, 9.17) is 9.15 Å². The van der Waals surface area contributed by atoms with Gasteiger partial charge < -0.3 is 24.3 Å². The number of hydrogen-bond donors (Lipinski definition) is 1. The van der Waals surface area contributed by atoms with Crippen molar-refractivity contribution in [1.29, 1.82) is 0 Å². The van der Waals surface area contributed by atoms with Crippen LogP contribution in [0.15, 0.2) is 34.9 Å². The highest BCUT2D eigenvalue weighted by Gasteiger charge is 2.44. The van der Waals surface area contributed by atoms with Crippen LogP contribution in [-0.4, -0.2) is 55.3 Å². The van der Waals surface area contributed by atoms with Crippen molar-refractivity contribution in [2.75, 3.05) is 36.0 Å². The number of carbonyl (C=O) groups excluding carboxylic acids is 1. The van der Waals surface area contributed by atoms with Crippen LogP contribution >= 0.6 is 0 Å². The number of nitrogens with one attached hydrogen (secondary N) is 1. The number of aromatic nitrogens is 1. The van der Waals surface area contributed by atoms with Crippen molar-refractivity contribution in [2.45, 2.75) is 63.3 Å². The number of benzene rings is 1. The third kappa shape index (κ3) is 4.85. The predicted octanol–water partition coefficient (Wildman–Crippen LogP) is 4.49. The summed E-state index contributed by atoms with van der Waals surface area (Å²) in [4.78, 5) is 21.1. The van der Waals surface area contributed by atoms with Gasteiger partial charge in [-0.2, -0.15) is 13.2 Å². The van der Waals surface area contributed by atoms with E-state index in [1.807, 2.05) is 0 Å². The van der Waals surface area contributed by atoms with Crippen LogP contribution in [0.5, 0.6) is 0 Å². The van der Waals surface area contributed by atoms with E-state index in [-0.39, 0.29) is 30.4 Å². The van der Waals surface area contributed by atoms with Gasteiger partial charge in [0.2, 0.25) is 5.76 Å². The van der Waals surface area contributed by atoms with Crippen molar-refractivity contribution in [2.24, 2.45) is 5.92 Å². The van der Waals surface area contributed by atoms with Crippen LogP contribution in [0.2, 0.25) is 0 Å². The zero-order valence-corrected chi connectivity index (χ0v) is 19.8. The minimum absolute atomic E-state index is 0.102. The molecule has 2 aromatic rings. The van der Waals surface area contributed by atoms with Crippen molar-refractivity contribution in [3.05, 3.63) is 41.8 Å². The molecule has 4 atom stereocenters. The number of rotatable bonds is 4. The number of anilines is 2. The second kappa shape index (κ2) is 9.72. The van der Waals surface area contributed by atoms with Gasteiger partial charge in [0.15, 0.2) is 0 Å². The summed E-state index contributed by atoms with van der Waals surface area (Å²) in [5, 5.41) is 3.76. The molecule has 3 heterocycles. The number of halogens is 3. The molecule has 35 heavy (non-hydrogen) atoms. The molecule has 3 fully saturated rings. The minimum atomic E-state index is -4.34. The zero-order valence-electron chi connectivity index (χ0n) is 19.8. The fourth-order valence-corrected chi connectivity index (χ4v) is 5.88. The molecule has 0 radical (unpaired) electrons. The fraction of sp³-hybridized carbons (Fsp3) is 0.600. The lowest BCUT2D eigenvalue weighted by Gasteiger charge is -2.46. The average molecular weight is 493 g/mol. The first kappa shape index (κ1) is 24.0. The second-order valence-corrected chi connectivity index (χ2v) is 9.61. The molecule has 5 rings (SSSR count). The lowest BCUT2D eigenvalue weighted by atomic mass is 9.87. The molecule has 1 aromatic carbocycles. The van der Waals surface area contributed by atoms with Crippen molar-refractivity contribution in [3.8, 4) is 0 Å². The van der Waals surface area contributed by atoms with Crippen LogP contribution in [-0.2, 0) is 10.9 Å². The van der Waals surface area contributed by atoms with Gasteiger partial charge in [-0.05, 0) is 50.5 Å². The third-order valence-corrected chi connectivity index (χ3v) is 7.53. The Hall–Kier alpha value is -2.75. The Bertz CT molecular complexity index is 1030. The van der Waals surface area contributed by atoms with Gasteiger partial charge in [0.05, 0.1) is 18.4 Å². The van der Waals surface area contributed by atoms with E-state index in [0.29, 0.717) is 25.1 Å². The Morgan fingerprint density at radius 2 is 1.94 bits per heavy atom. The minimum Gasteiger partial charge on any atom is -0.460 e. The SMILES string of the molecule is CCOC(=O)c1cnc(N2C3CCN(c4ccc(C(F)(F)F)cc4)CC3CNC3CCCCC32)o1. The normalized spacial score (nSPS) is 27.1. The van der Waals surface area contributed by atoms with Crippen LogP contribution < -0.4 is 15.1 Å². The molecule has 2 saturated heterocycles. The Labute approximate surface area is 202 Å². The van der Waals surface area contributed by atoms with Crippen molar-refractivity contribution in [3.63, 3.8) is 0 Å². The van der Waals surface area contributed by atoms with Crippen molar-refractivity contribution >= 4 is 17.7 Å². The highest BCUT2D eigenvalue weighted by molar-refractivity contribution is 5.86. The van der Waals surface area contributed by atoms with Gasteiger partial charge in [-0.3, -0.25) is 0 Å². The molecular formula is C25H31F3N4O3. The Morgan fingerprint density at radius 1 is 1.17 bits per heavy atom. The highest BCUT2D eigenvalue weighted by atomic mass is 19.4. The van der Waals surface area contributed by atoms with Crippen LogP contribution in [0.4, 0.5) is 24.9 Å². The number of oxazole rings is 1. The maximum atomic E-state index is 13.0. The molecule has 0 spiro atoms. The summed E-state index contributed by atoms with van der Waals surface area (Å²) >= 11 is 0. The van der Waals surface area contributed by atoms with E-state index in [9.17, 15) is 18.0 Å². The fourth-order valence-electron chi connectivity index (χ4n) is 5.88. The lowest BCUT2D eigenvalue weighted by molar-refractivity contribution is -0.137. The van der Waals surface area contributed by atoms with E-state index in [1.165, 1.54) is 6.20 Å². The monoisotopic (exact) mass is 492 g/mol. The summed E-state index contributed by atoms with van der Waals surface area (Å²) < 4.78 is 50.0. The summed E-state index contributed by atoms with van der Waals surface area (Å²) in [7, 11) is 0. The van der Waals surface area contributed by atoms with Gasteiger partial charge in [-0.1, -0.05) is 12.8 Å². The first-order valence-corrected chi connectivity index (χ1v) is 12.4. The van der Waals surface area contributed by atoms with Crippen LogP contribution in [0.1, 0.15) is 55.1 Å². The van der Waals surface area contributed by atoms with Gasteiger partial charge in [-0.25, -0.2) is 9.78 Å². The molecular weight excluding hydrogens is 461 g/mol. The molecule has 10 heteroatoms. The van der Waals surface area contributed by atoms with E-state index < -0.39 is 17.7 Å². The molecule has 190 valence electrons. The van der Waals surface area contributed by atoms with E-state index in [2.05, 4.69) is 20.1 Å². The summed E-state index contributed by atoms with van der Waals surface area (Å²) in [6.07, 6.45) is 2.28. The quantitative estimate of drug-likeness (QED) is 0.631. The first-order chi connectivity index (χ1) is 16.8. The van der Waals surface area contributed by atoms with Gasteiger partial charge >= 0.3 is 12.1 Å². The third-order valence-electron chi connectivity index (χ3n) is 7.53. The lowest BCUT2D eigenvalue weighted by Crippen LogP contribution is -2.56. The number of piperidine rings is 1. The molecule has 1 aliphatic carbocycles. The molecule has 4 unspecified atom stereocenters. The maximum absolute atomic E-state index is 13.0. The first-order valence-electron chi connectivity index (χ1n) is 12.4. The zero-order chi connectivity index (χ0) is 24.6. The molecule has 1 saturated carbocycles. The number of fused-ring (bicyclic) bond motifs is 2. The van der Waals surface area contributed by atoms with Gasteiger partial charge in [0.1, 0.15) is 0 Å². The van der Waals surface area contributed by atoms with Crippen molar-refractivity contribution < 1.29 is 27.1 Å². The van der Waals surface area contributed by atoms with Crippen LogP contribution in [0, 0.1) is 5.92 Å². The summed E-state index contributed by atoms with van der Waals surface area (Å²) in [6.45, 7) is 4.25. The molecule has 2 aliphatic heterocycles. The van der Waals surface area contributed by atoms with Gasteiger partial charge in [-0.15, -0.1) is 0 Å². The van der Waals surface area contributed by atoms with Crippen LogP contribution in [0.25, 0.3) is 0 Å². The van der Waals surface area contributed by atoms with Crippen molar-refractivity contribution in [1.82, 2.24) is 10.3 Å². The summed E-state index contributed by atoms with van der Waals surface area (Å²) in [5.41, 5.74) is 0.161. The molecule has 1 aromatic heterocycles. The smallest absolute Gasteiger partial charge is 0.416 e. The molecule has 0 bridgehead atoms. The molecule has 1 N–H and O–H groups in total. The highest BCUT2D eigenvalue weighted by Crippen LogP contribution is 2.38. The van der Waals surface area contributed by atoms with Gasteiger partial charge in [0, 0.05) is 49.4 Å². The number of esters is 1. The van der Waals surface area contributed by atoms with Crippen LogP contribution in [0.3, 0.4) is 0 Å². The van der Waals surface area contributed by atoms with Gasteiger partial charge in [0.25, 0.3) is 6.01 Å². The van der Waals surface area contributed by atoms with E-state index in [1.54, 1.807) is 19.1 Å². The summed E-state index contributed by atoms with van der Waals surface area (Å²) in [6, 6.07) is 6.53. The number of nitrogens with zero attached hydrogens (tertiary/aromatic N) is 3. The number of hydrogen-bond acceptors (Lipinski definition) is 7. The topological polar surface area (TPSA) is 70.8 Å². The average Bonchev–Trinajstić information content (AvgIpc) is 3.27.